The number of carbonyl (C=O) groups is 3. The second kappa shape index (κ2) is 12.6. The van der Waals surface area contributed by atoms with Crippen molar-refractivity contribution in [2.75, 3.05) is 31.0 Å². The first kappa shape index (κ1) is 30.1. The van der Waals surface area contributed by atoms with E-state index in [1.807, 2.05) is 0 Å². The summed E-state index contributed by atoms with van der Waals surface area (Å²) in [5.41, 5.74) is 1.74. The number of anilines is 1. The van der Waals surface area contributed by atoms with E-state index in [1.165, 1.54) is 7.11 Å². The maximum absolute atomic E-state index is 13.9. The summed E-state index contributed by atoms with van der Waals surface area (Å²) in [6.45, 7) is 7.71. The number of rotatable bonds is 13. The van der Waals surface area contributed by atoms with E-state index in [0.29, 0.717) is 30.1 Å². The lowest BCUT2D eigenvalue weighted by Crippen LogP contribution is -2.37. The molecule has 39 heavy (non-hydrogen) atoms. The molecule has 0 aliphatic carbocycles. The second-order valence-corrected chi connectivity index (χ2v) is 12.3. The van der Waals surface area contributed by atoms with Crippen molar-refractivity contribution in [2.24, 2.45) is 5.92 Å². The molecule has 2 aromatic rings. The number of nitrogens with zero attached hydrogens (tertiary/aromatic N) is 1. The van der Waals surface area contributed by atoms with E-state index >= 15 is 0 Å². The van der Waals surface area contributed by atoms with Crippen molar-refractivity contribution in [1.29, 1.82) is 0 Å². The molecule has 10 heteroatoms. The number of fused-ring (bicyclic) bond motifs is 1. The summed E-state index contributed by atoms with van der Waals surface area (Å²) >= 11 is 0. The second-order valence-electron chi connectivity index (χ2n) is 10.1. The highest BCUT2D eigenvalue weighted by atomic mass is 32.2. The molecule has 0 bridgehead atoms. The molecule has 0 saturated heterocycles. The molecule has 0 aromatic heterocycles. The molecule has 212 valence electrons. The zero-order valence-electron chi connectivity index (χ0n) is 23.5. The van der Waals surface area contributed by atoms with Crippen molar-refractivity contribution in [3.05, 3.63) is 52.6 Å². The van der Waals surface area contributed by atoms with Crippen molar-refractivity contribution >= 4 is 33.2 Å². The van der Waals surface area contributed by atoms with Crippen molar-refractivity contribution in [3.63, 3.8) is 0 Å². The maximum atomic E-state index is 13.9. The molecule has 1 atom stereocenters. The number of unbranched alkanes of at least 4 members (excludes halogenated alkanes) is 2. The predicted molar refractivity (Wildman–Crippen MR) is 150 cm³/mol. The summed E-state index contributed by atoms with van der Waals surface area (Å²) in [5, 5.41) is 2.82. The first-order valence-electron chi connectivity index (χ1n) is 13.3. The Balaban J connectivity index is 2.15. The molecule has 1 N–H and O–H groups in total. The van der Waals surface area contributed by atoms with Crippen LogP contribution in [0.25, 0.3) is 0 Å². The molecule has 1 aliphatic rings. The molecule has 3 rings (SSSR count). The number of methoxy groups -OCH3 is 1. The third-order valence-corrected chi connectivity index (χ3v) is 7.50. The molecular formula is C29H38N2O7S. The summed E-state index contributed by atoms with van der Waals surface area (Å²) in [6.07, 6.45) is 4.65. The monoisotopic (exact) mass is 558 g/mol. The molecule has 3 amide bonds. The summed E-state index contributed by atoms with van der Waals surface area (Å²) < 4.78 is 36.0. The van der Waals surface area contributed by atoms with Gasteiger partial charge in [0, 0.05) is 12.2 Å². The standard InChI is InChI=1S/C29H38N2O7S/c1-7-9-10-11-19-14-21-26(22(15-19)30-27(32)18(3)4)29(34)31(28(21)33)23(17-39(6,35)36)20-12-13-24(37-5)25(16-20)38-8-2/h12-16,18,23H,7-11,17H2,1-6H3,(H,30,32)/t23-/m1/s1. The van der Waals surface area contributed by atoms with Gasteiger partial charge in [0.1, 0.15) is 9.84 Å². The Morgan fingerprint density at radius 1 is 1.03 bits per heavy atom. The Labute approximate surface area is 230 Å². The highest BCUT2D eigenvalue weighted by Crippen LogP contribution is 2.39. The third kappa shape index (κ3) is 6.98. The summed E-state index contributed by atoms with van der Waals surface area (Å²) in [7, 11) is -2.15. The lowest BCUT2D eigenvalue weighted by atomic mass is 9.99. The highest BCUT2D eigenvalue weighted by molar-refractivity contribution is 7.90. The molecular weight excluding hydrogens is 520 g/mol. The van der Waals surface area contributed by atoms with Gasteiger partial charge >= 0.3 is 0 Å². The van der Waals surface area contributed by atoms with Crippen molar-refractivity contribution in [2.45, 2.75) is 59.4 Å². The fraction of sp³-hybridized carbons (Fsp3) is 0.483. The number of benzene rings is 2. The number of hydrogen-bond acceptors (Lipinski definition) is 7. The zero-order valence-corrected chi connectivity index (χ0v) is 24.3. The van der Waals surface area contributed by atoms with E-state index in [2.05, 4.69) is 12.2 Å². The predicted octanol–water partition coefficient (Wildman–Crippen LogP) is 4.80. The van der Waals surface area contributed by atoms with E-state index in [4.69, 9.17) is 9.47 Å². The van der Waals surface area contributed by atoms with Crippen LogP contribution in [0.1, 0.15) is 84.8 Å². The van der Waals surface area contributed by atoms with E-state index in [-0.39, 0.29) is 28.6 Å². The van der Waals surface area contributed by atoms with Crippen molar-refractivity contribution in [1.82, 2.24) is 4.90 Å². The van der Waals surface area contributed by atoms with Crippen molar-refractivity contribution < 1.29 is 32.3 Å². The van der Waals surface area contributed by atoms with Gasteiger partial charge in [0.2, 0.25) is 5.91 Å². The summed E-state index contributed by atoms with van der Waals surface area (Å²) in [4.78, 5) is 41.3. The third-order valence-electron chi connectivity index (χ3n) is 6.58. The molecule has 0 fully saturated rings. The number of nitrogens with one attached hydrogen (secondary N) is 1. The van der Waals surface area contributed by atoms with Gasteiger partial charge < -0.3 is 14.8 Å². The fourth-order valence-corrected chi connectivity index (χ4v) is 5.52. The number of hydrogen-bond donors (Lipinski definition) is 1. The number of aryl methyl sites for hydroxylation is 1. The molecule has 0 saturated carbocycles. The minimum absolute atomic E-state index is 0.0743. The van der Waals surface area contributed by atoms with E-state index in [1.54, 1.807) is 51.1 Å². The van der Waals surface area contributed by atoms with Crippen LogP contribution in [0.15, 0.2) is 30.3 Å². The minimum atomic E-state index is -3.64. The van der Waals surface area contributed by atoms with E-state index in [0.717, 1.165) is 36.0 Å². The van der Waals surface area contributed by atoms with Gasteiger partial charge in [-0.1, -0.05) is 39.7 Å². The molecule has 9 nitrogen and oxygen atoms in total. The van der Waals surface area contributed by atoms with Gasteiger partial charge in [0.25, 0.3) is 11.8 Å². The first-order valence-corrected chi connectivity index (χ1v) is 15.3. The topological polar surface area (TPSA) is 119 Å². The van der Waals surface area contributed by atoms with Gasteiger partial charge in [0.15, 0.2) is 11.5 Å². The molecule has 1 heterocycles. The van der Waals surface area contributed by atoms with Crippen LogP contribution in [0, 0.1) is 5.92 Å². The Morgan fingerprint density at radius 2 is 1.74 bits per heavy atom. The Morgan fingerprint density at radius 3 is 2.33 bits per heavy atom. The molecule has 0 unspecified atom stereocenters. The zero-order chi connectivity index (χ0) is 28.9. The molecule has 2 aromatic carbocycles. The van der Waals surface area contributed by atoms with Gasteiger partial charge in [-0.3, -0.25) is 19.3 Å². The fourth-order valence-electron chi connectivity index (χ4n) is 4.60. The smallest absolute Gasteiger partial charge is 0.264 e. The van der Waals surface area contributed by atoms with Crippen LogP contribution in [0.3, 0.4) is 0 Å². The largest absolute Gasteiger partial charge is 0.493 e. The number of ether oxygens (including phenoxy) is 2. The van der Waals surface area contributed by atoms with E-state index in [9.17, 15) is 22.8 Å². The quantitative estimate of drug-likeness (QED) is 0.277. The van der Waals surface area contributed by atoms with E-state index < -0.39 is 33.4 Å². The molecule has 0 spiro atoms. The van der Waals surface area contributed by atoms with Crippen LogP contribution < -0.4 is 14.8 Å². The Bertz CT molecular complexity index is 1350. The number of amides is 3. The van der Waals surface area contributed by atoms with Gasteiger partial charge in [-0.15, -0.1) is 0 Å². The average Bonchev–Trinajstić information content (AvgIpc) is 3.12. The molecule has 0 radical (unpaired) electrons. The van der Waals surface area contributed by atoms with Gasteiger partial charge in [-0.2, -0.15) is 0 Å². The van der Waals surface area contributed by atoms with Gasteiger partial charge in [0.05, 0.1) is 42.3 Å². The summed E-state index contributed by atoms with van der Waals surface area (Å²) in [5.74, 6) is -1.56. The van der Waals surface area contributed by atoms with Crippen LogP contribution in [0.4, 0.5) is 5.69 Å². The van der Waals surface area contributed by atoms with Crippen LogP contribution in [-0.4, -0.2) is 56.8 Å². The highest BCUT2D eigenvalue weighted by Gasteiger charge is 2.44. The lowest BCUT2D eigenvalue weighted by molar-refractivity contribution is -0.118. The minimum Gasteiger partial charge on any atom is -0.493 e. The SMILES string of the molecule is CCCCCc1cc(NC(=O)C(C)C)c2c(c1)C(=O)N([C@H](CS(C)(=O)=O)c1ccc(OC)c(OCC)c1)C2=O. The Kier molecular flexibility index (Phi) is 9.77. The normalized spacial score (nSPS) is 14.0. The van der Waals surface area contributed by atoms with Crippen molar-refractivity contribution in [3.8, 4) is 11.5 Å². The first-order chi connectivity index (χ1) is 18.4. The van der Waals surface area contributed by atoms with Crippen LogP contribution in [-0.2, 0) is 21.1 Å². The van der Waals surface area contributed by atoms with Crippen LogP contribution in [0.5, 0.6) is 11.5 Å². The van der Waals surface area contributed by atoms with Crippen LogP contribution in [0.2, 0.25) is 0 Å². The average molecular weight is 559 g/mol. The van der Waals surface area contributed by atoms with Gasteiger partial charge in [-0.25, -0.2) is 8.42 Å². The Hall–Kier alpha value is -3.40. The number of sulfone groups is 1. The number of carbonyl (C=O) groups excluding carboxylic acids is 3. The van der Waals surface area contributed by atoms with Crippen LogP contribution >= 0.6 is 0 Å². The molecule has 1 aliphatic heterocycles. The lowest BCUT2D eigenvalue weighted by Gasteiger charge is -2.27. The van der Waals surface area contributed by atoms with Gasteiger partial charge in [-0.05, 0) is 55.2 Å². The maximum Gasteiger partial charge on any atom is 0.264 e. The summed E-state index contributed by atoms with van der Waals surface area (Å²) in [6, 6.07) is 7.16. The number of imide groups is 1.